The first-order chi connectivity index (χ1) is 10.5. The van der Waals surface area contributed by atoms with Crippen LogP contribution >= 0.6 is 0 Å². The van der Waals surface area contributed by atoms with Crippen molar-refractivity contribution >= 4 is 5.97 Å². The molecular weight excluding hydrogens is 282 g/mol. The first-order valence-electron chi connectivity index (χ1n) is 7.35. The molecule has 6 nitrogen and oxygen atoms in total. The third-order valence-corrected chi connectivity index (χ3v) is 3.51. The summed E-state index contributed by atoms with van der Waals surface area (Å²) in [5, 5.41) is 16.4. The average Bonchev–Trinajstić information content (AvgIpc) is 2.85. The lowest BCUT2D eigenvalue weighted by Crippen LogP contribution is -2.08. The van der Waals surface area contributed by atoms with Crippen LogP contribution in [0.15, 0.2) is 24.3 Å². The van der Waals surface area contributed by atoms with Gasteiger partial charge in [0.1, 0.15) is 5.75 Å². The number of aryl methyl sites for hydroxylation is 1. The fourth-order valence-corrected chi connectivity index (χ4v) is 2.12. The summed E-state index contributed by atoms with van der Waals surface area (Å²) >= 11 is 0. The Bertz CT molecular complexity index is 633. The second-order valence-corrected chi connectivity index (χ2v) is 5.48. The lowest BCUT2D eigenvalue weighted by molar-refractivity contribution is 0.0689. The standard InChI is InChI=1S/C16H21N3O3/c1-11(2)13-5-7-14(8-6-13)22-10-4-9-19-12(3)15(16(20)21)17-18-19/h5-8,11H,4,9-10H2,1-3H3,(H,20,21). The van der Waals surface area contributed by atoms with Crippen molar-refractivity contribution in [1.29, 1.82) is 0 Å². The Morgan fingerprint density at radius 3 is 2.55 bits per heavy atom. The van der Waals surface area contributed by atoms with Crippen LogP contribution in [0.4, 0.5) is 0 Å². The van der Waals surface area contributed by atoms with Gasteiger partial charge in [0, 0.05) is 13.0 Å². The lowest BCUT2D eigenvalue weighted by Gasteiger charge is -2.09. The monoisotopic (exact) mass is 303 g/mol. The van der Waals surface area contributed by atoms with Gasteiger partial charge in [-0.15, -0.1) is 5.10 Å². The van der Waals surface area contributed by atoms with Gasteiger partial charge in [0.25, 0.3) is 0 Å². The zero-order valence-corrected chi connectivity index (χ0v) is 13.1. The molecule has 1 aromatic carbocycles. The van der Waals surface area contributed by atoms with E-state index in [0.717, 1.165) is 12.2 Å². The van der Waals surface area contributed by atoms with Crippen LogP contribution in [-0.2, 0) is 6.54 Å². The van der Waals surface area contributed by atoms with Crippen molar-refractivity contribution in [2.24, 2.45) is 0 Å². The van der Waals surface area contributed by atoms with Gasteiger partial charge in [-0.1, -0.05) is 31.2 Å². The van der Waals surface area contributed by atoms with E-state index in [2.05, 4.69) is 36.3 Å². The molecule has 0 amide bonds. The van der Waals surface area contributed by atoms with E-state index in [1.807, 2.05) is 12.1 Å². The number of hydrogen-bond donors (Lipinski definition) is 1. The molecule has 1 N–H and O–H groups in total. The Labute approximate surface area is 129 Å². The number of nitrogens with zero attached hydrogens (tertiary/aromatic N) is 3. The van der Waals surface area contributed by atoms with Gasteiger partial charge in [0.05, 0.1) is 12.3 Å². The Morgan fingerprint density at radius 2 is 2.00 bits per heavy atom. The average molecular weight is 303 g/mol. The van der Waals surface area contributed by atoms with Gasteiger partial charge < -0.3 is 9.84 Å². The van der Waals surface area contributed by atoms with Crippen molar-refractivity contribution in [3.63, 3.8) is 0 Å². The number of aromatic carboxylic acids is 1. The molecule has 22 heavy (non-hydrogen) atoms. The number of ether oxygens (including phenoxy) is 1. The van der Waals surface area contributed by atoms with Gasteiger partial charge in [0.15, 0.2) is 5.69 Å². The van der Waals surface area contributed by atoms with Gasteiger partial charge in [-0.3, -0.25) is 0 Å². The van der Waals surface area contributed by atoms with E-state index < -0.39 is 5.97 Å². The molecule has 118 valence electrons. The molecule has 0 spiro atoms. The minimum Gasteiger partial charge on any atom is -0.494 e. The maximum atomic E-state index is 10.9. The van der Waals surface area contributed by atoms with Crippen molar-refractivity contribution in [3.05, 3.63) is 41.2 Å². The Kier molecular flexibility index (Phi) is 5.14. The van der Waals surface area contributed by atoms with E-state index in [1.165, 1.54) is 5.56 Å². The number of rotatable bonds is 7. The molecule has 2 aromatic rings. The first-order valence-corrected chi connectivity index (χ1v) is 7.35. The van der Waals surface area contributed by atoms with Gasteiger partial charge in [0.2, 0.25) is 0 Å². The third kappa shape index (κ3) is 3.84. The maximum absolute atomic E-state index is 10.9. The Morgan fingerprint density at radius 1 is 1.32 bits per heavy atom. The van der Waals surface area contributed by atoms with Crippen LogP contribution in [0, 0.1) is 6.92 Å². The SMILES string of the molecule is Cc1c(C(=O)O)nnn1CCCOc1ccc(C(C)C)cc1. The molecular formula is C16H21N3O3. The van der Waals surface area contributed by atoms with E-state index in [4.69, 9.17) is 9.84 Å². The normalized spacial score (nSPS) is 10.9. The molecule has 0 radical (unpaired) electrons. The van der Waals surface area contributed by atoms with Gasteiger partial charge in [-0.05, 0) is 30.5 Å². The minimum absolute atomic E-state index is 0.00481. The highest BCUT2D eigenvalue weighted by Crippen LogP contribution is 2.18. The predicted octanol–water partition coefficient (Wildman–Crippen LogP) is 2.88. The summed E-state index contributed by atoms with van der Waals surface area (Å²) < 4.78 is 7.27. The van der Waals surface area contributed by atoms with Crippen LogP contribution in [0.25, 0.3) is 0 Å². The second-order valence-electron chi connectivity index (χ2n) is 5.48. The van der Waals surface area contributed by atoms with Crippen molar-refractivity contribution < 1.29 is 14.6 Å². The third-order valence-electron chi connectivity index (χ3n) is 3.51. The molecule has 0 atom stereocenters. The molecule has 0 saturated carbocycles. The molecule has 6 heteroatoms. The summed E-state index contributed by atoms with van der Waals surface area (Å²) in [7, 11) is 0. The number of carboxylic acid groups (broad SMARTS) is 1. The van der Waals surface area contributed by atoms with Gasteiger partial charge in [-0.25, -0.2) is 9.48 Å². The highest BCUT2D eigenvalue weighted by atomic mass is 16.5. The molecule has 0 aliphatic heterocycles. The largest absolute Gasteiger partial charge is 0.494 e. The second kappa shape index (κ2) is 7.06. The lowest BCUT2D eigenvalue weighted by atomic mass is 10.0. The summed E-state index contributed by atoms with van der Waals surface area (Å²) in [5.41, 5.74) is 1.85. The highest BCUT2D eigenvalue weighted by molar-refractivity contribution is 5.86. The van der Waals surface area contributed by atoms with E-state index >= 15 is 0 Å². The van der Waals surface area contributed by atoms with Gasteiger partial charge >= 0.3 is 5.97 Å². The zero-order chi connectivity index (χ0) is 16.1. The Balaban J connectivity index is 1.81. The fourth-order valence-electron chi connectivity index (χ4n) is 2.12. The summed E-state index contributed by atoms with van der Waals surface area (Å²) in [6.45, 7) is 7.14. The summed E-state index contributed by atoms with van der Waals surface area (Å²) in [5.74, 6) is 0.295. The van der Waals surface area contributed by atoms with Crippen LogP contribution in [0.2, 0.25) is 0 Å². The molecule has 0 aliphatic rings. The topological polar surface area (TPSA) is 77.2 Å². The van der Waals surface area contributed by atoms with Crippen LogP contribution in [-0.4, -0.2) is 32.7 Å². The van der Waals surface area contributed by atoms with E-state index in [0.29, 0.717) is 24.8 Å². The summed E-state index contributed by atoms with van der Waals surface area (Å²) in [6, 6.07) is 8.08. The molecule has 2 rings (SSSR count). The van der Waals surface area contributed by atoms with E-state index in [1.54, 1.807) is 11.6 Å². The minimum atomic E-state index is -1.05. The number of carboxylic acids is 1. The summed E-state index contributed by atoms with van der Waals surface area (Å²) in [4.78, 5) is 10.9. The van der Waals surface area contributed by atoms with Crippen LogP contribution < -0.4 is 4.74 Å². The zero-order valence-electron chi connectivity index (χ0n) is 13.1. The smallest absolute Gasteiger partial charge is 0.358 e. The molecule has 1 heterocycles. The van der Waals surface area contributed by atoms with Crippen molar-refractivity contribution in [1.82, 2.24) is 15.0 Å². The first kappa shape index (κ1) is 16.0. The number of benzene rings is 1. The van der Waals surface area contributed by atoms with Crippen LogP contribution in [0.1, 0.15) is 47.9 Å². The van der Waals surface area contributed by atoms with Crippen molar-refractivity contribution in [2.45, 2.75) is 39.7 Å². The van der Waals surface area contributed by atoms with Gasteiger partial charge in [-0.2, -0.15) is 0 Å². The number of carbonyl (C=O) groups is 1. The molecule has 0 aliphatic carbocycles. The van der Waals surface area contributed by atoms with E-state index in [-0.39, 0.29) is 5.69 Å². The molecule has 0 fully saturated rings. The molecule has 1 aromatic heterocycles. The maximum Gasteiger partial charge on any atom is 0.358 e. The highest BCUT2D eigenvalue weighted by Gasteiger charge is 2.14. The quantitative estimate of drug-likeness (QED) is 0.796. The Hall–Kier alpha value is -2.37. The molecule has 0 bridgehead atoms. The number of hydrogen-bond acceptors (Lipinski definition) is 4. The molecule has 0 saturated heterocycles. The van der Waals surface area contributed by atoms with Crippen LogP contribution in [0.3, 0.4) is 0 Å². The van der Waals surface area contributed by atoms with Crippen molar-refractivity contribution in [2.75, 3.05) is 6.61 Å². The fraction of sp³-hybridized carbons (Fsp3) is 0.438. The van der Waals surface area contributed by atoms with Crippen molar-refractivity contribution in [3.8, 4) is 5.75 Å². The number of aromatic nitrogens is 3. The summed E-state index contributed by atoms with van der Waals surface area (Å²) in [6.07, 6.45) is 0.731. The predicted molar refractivity (Wildman–Crippen MR) is 82.4 cm³/mol. The molecule has 0 unspecified atom stereocenters. The van der Waals surface area contributed by atoms with Crippen LogP contribution in [0.5, 0.6) is 5.75 Å². The van der Waals surface area contributed by atoms with E-state index in [9.17, 15) is 4.79 Å².